The minimum Gasteiger partial charge on any atom is -0.455 e. The monoisotopic (exact) mass is 853 g/mol. The molecule has 0 radical (unpaired) electrons. The Morgan fingerprint density at radius 3 is 1.60 bits per heavy atom. The van der Waals surface area contributed by atoms with Crippen LogP contribution in [0.1, 0.15) is 22.3 Å². The molecule has 11 aromatic carbocycles. The van der Waals surface area contributed by atoms with Crippen molar-refractivity contribution in [1.82, 2.24) is 0 Å². The van der Waals surface area contributed by atoms with E-state index < -0.39 is 5.41 Å². The van der Waals surface area contributed by atoms with Gasteiger partial charge >= 0.3 is 0 Å². The molecule has 1 heterocycles. The van der Waals surface area contributed by atoms with Crippen molar-refractivity contribution in [2.75, 3.05) is 4.90 Å². The summed E-state index contributed by atoms with van der Waals surface area (Å²) in [4.78, 5) is 2.45. The molecule has 67 heavy (non-hydrogen) atoms. The second-order valence-electron chi connectivity index (χ2n) is 17.6. The van der Waals surface area contributed by atoms with Crippen LogP contribution in [0, 0.1) is 0 Å². The van der Waals surface area contributed by atoms with Crippen LogP contribution in [0.25, 0.3) is 77.2 Å². The Morgan fingerprint density at radius 2 is 0.866 bits per heavy atom. The van der Waals surface area contributed by atoms with Crippen molar-refractivity contribution >= 4 is 49.8 Å². The average molecular weight is 854 g/mol. The molecule has 1 aliphatic carbocycles. The summed E-state index contributed by atoms with van der Waals surface area (Å²) < 4.78 is 7.00. The van der Waals surface area contributed by atoms with Gasteiger partial charge in [0.1, 0.15) is 11.2 Å². The number of para-hydroxylation sites is 1. The second-order valence-corrected chi connectivity index (χ2v) is 17.6. The zero-order valence-electron chi connectivity index (χ0n) is 36.7. The lowest BCUT2D eigenvalue weighted by atomic mass is 9.67. The molecule has 0 amide bonds. The molecule has 1 aliphatic rings. The molecule has 0 fully saturated rings. The first-order chi connectivity index (χ1) is 33.2. The lowest BCUT2D eigenvalue weighted by Gasteiger charge is -2.35. The van der Waals surface area contributed by atoms with Gasteiger partial charge in [-0.25, -0.2) is 0 Å². The Bertz CT molecular complexity index is 3740. The smallest absolute Gasteiger partial charge is 0.143 e. The van der Waals surface area contributed by atoms with E-state index >= 15 is 0 Å². The molecular weight excluding hydrogens is 811 g/mol. The number of hydrogen-bond acceptors (Lipinski definition) is 2. The third-order valence-electron chi connectivity index (χ3n) is 13.9. The molecule has 0 atom stereocenters. The van der Waals surface area contributed by atoms with Crippen LogP contribution in [0.15, 0.2) is 265 Å². The normalized spacial score (nSPS) is 12.6. The van der Waals surface area contributed by atoms with E-state index in [0.29, 0.717) is 0 Å². The van der Waals surface area contributed by atoms with E-state index in [0.717, 1.165) is 61.3 Å². The fourth-order valence-corrected chi connectivity index (χ4v) is 11.0. The zero-order chi connectivity index (χ0) is 44.3. The number of nitrogens with zero attached hydrogens (tertiary/aromatic N) is 1. The molecule has 314 valence electrons. The number of fused-ring (bicyclic) bond motifs is 7. The van der Waals surface area contributed by atoms with Crippen molar-refractivity contribution in [2.24, 2.45) is 0 Å². The first-order valence-electron chi connectivity index (χ1n) is 23.1. The Hall–Kier alpha value is -8.72. The van der Waals surface area contributed by atoms with Crippen molar-refractivity contribution in [2.45, 2.75) is 5.41 Å². The zero-order valence-corrected chi connectivity index (χ0v) is 36.7. The van der Waals surface area contributed by atoms with Gasteiger partial charge in [0.05, 0.1) is 11.1 Å². The van der Waals surface area contributed by atoms with E-state index in [4.69, 9.17) is 4.42 Å². The molecule has 0 bridgehead atoms. The SMILES string of the molecule is c1ccc(-c2ccc(-c3c4ccccc4cc4c3oc3ccc(N(c5ccc6c(c5)C(c5ccccc5)(c5ccccc5)c5ccccc5-6)c5ccccc5-c5ccccc5)cc34)cc2)cc1. The summed E-state index contributed by atoms with van der Waals surface area (Å²) in [6.07, 6.45) is 0. The number of rotatable bonds is 8. The predicted molar refractivity (Wildman–Crippen MR) is 280 cm³/mol. The summed E-state index contributed by atoms with van der Waals surface area (Å²) in [5.74, 6) is 0. The standard InChI is InChI=1S/C65H43NO/c1-5-19-44(20-6-1)45-33-35-47(36-34-45)63-54-29-14-13-23-48(54)41-58-57-42-51(38-40-62(57)67-64(58)63)66(61-32-18-16-28-53(61)46-21-7-2-8-22-46)52-37-39-56-55-30-15-17-31-59(55)65(60(56)43-52,49-24-9-3-10-25-49)50-26-11-4-12-27-50/h1-43H. The van der Waals surface area contributed by atoms with Crippen LogP contribution < -0.4 is 4.90 Å². The fourth-order valence-electron chi connectivity index (χ4n) is 11.0. The highest BCUT2D eigenvalue weighted by Gasteiger charge is 2.46. The summed E-state index contributed by atoms with van der Waals surface area (Å²) in [7, 11) is 0. The van der Waals surface area contributed by atoms with E-state index in [-0.39, 0.29) is 0 Å². The van der Waals surface area contributed by atoms with Crippen molar-refractivity contribution < 1.29 is 4.42 Å². The number of furan rings is 1. The van der Waals surface area contributed by atoms with E-state index in [9.17, 15) is 0 Å². The second kappa shape index (κ2) is 15.8. The summed E-state index contributed by atoms with van der Waals surface area (Å²) in [6, 6.07) is 94.9. The number of hydrogen-bond donors (Lipinski definition) is 0. The van der Waals surface area contributed by atoms with Crippen LogP contribution in [0.5, 0.6) is 0 Å². The van der Waals surface area contributed by atoms with Crippen LogP contribution in [0.3, 0.4) is 0 Å². The first kappa shape index (κ1) is 38.7. The maximum absolute atomic E-state index is 7.00. The largest absolute Gasteiger partial charge is 0.455 e. The van der Waals surface area contributed by atoms with Gasteiger partial charge in [0.25, 0.3) is 0 Å². The van der Waals surface area contributed by atoms with Gasteiger partial charge in [0.2, 0.25) is 0 Å². The van der Waals surface area contributed by atoms with Crippen LogP contribution in [-0.2, 0) is 5.41 Å². The van der Waals surface area contributed by atoms with E-state index in [2.05, 4.69) is 266 Å². The van der Waals surface area contributed by atoms with Crippen LogP contribution >= 0.6 is 0 Å². The Labute approximate surface area is 390 Å². The Kier molecular flexibility index (Phi) is 9.11. The predicted octanol–water partition coefficient (Wildman–Crippen LogP) is 17.6. The Balaban J connectivity index is 1.05. The molecule has 12 aromatic rings. The molecule has 0 N–H and O–H groups in total. The van der Waals surface area contributed by atoms with Crippen LogP contribution in [-0.4, -0.2) is 0 Å². The number of benzene rings is 11. The van der Waals surface area contributed by atoms with Gasteiger partial charge in [-0.15, -0.1) is 0 Å². The highest BCUT2D eigenvalue weighted by Crippen LogP contribution is 2.57. The van der Waals surface area contributed by atoms with E-state index in [1.54, 1.807) is 0 Å². The fraction of sp³-hybridized carbons (Fsp3) is 0.0154. The molecule has 0 unspecified atom stereocenters. The summed E-state index contributed by atoms with van der Waals surface area (Å²) in [6.45, 7) is 0. The minimum absolute atomic E-state index is 0.545. The van der Waals surface area contributed by atoms with Crippen LogP contribution in [0.2, 0.25) is 0 Å². The molecular formula is C65H43NO. The van der Waals surface area contributed by atoms with Gasteiger partial charge in [-0.1, -0.05) is 218 Å². The molecule has 2 heteroatoms. The van der Waals surface area contributed by atoms with E-state index in [1.807, 2.05) is 0 Å². The lowest BCUT2D eigenvalue weighted by molar-refractivity contribution is 0.670. The average Bonchev–Trinajstić information content (AvgIpc) is 3.92. The quantitative estimate of drug-likeness (QED) is 0.151. The van der Waals surface area contributed by atoms with Gasteiger partial charge < -0.3 is 9.32 Å². The topological polar surface area (TPSA) is 16.4 Å². The lowest BCUT2D eigenvalue weighted by Crippen LogP contribution is -2.28. The van der Waals surface area contributed by atoms with Gasteiger partial charge in [-0.3, -0.25) is 0 Å². The van der Waals surface area contributed by atoms with Crippen molar-refractivity contribution in [3.8, 4) is 44.5 Å². The van der Waals surface area contributed by atoms with Crippen LogP contribution in [0.4, 0.5) is 17.1 Å². The minimum atomic E-state index is -0.545. The van der Waals surface area contributed by atoms with Gasteiger partial charge in [-0.05, 0) is 109 Å². The highest BCUT2D eigenvalue weighted by molar-refractivity contribution is 6.19. The van der Waals surface area contributed by atoms with Gasteiger partial charge in [0, 0.05) is 33.3 Å². The maximum atomic E-state index is 7.00. The first-order valence-corrected chi connectivity index (χ1v) is 23.1. The van der Waals surface area contributed by atoms with E-state index in [1.165, 1.54) is 55.3 Å². The molecule has 2 nitrogen and oxygen atoms in total. The van der Waals surface area contributed by atoms with Gasteiger partial charge in [0.15, 0.2) is 0 Å². The molecule has 13 rings (SSSR count). The molecule has 0 saturated carbocycles. The molecule has 0 spiro atoms. The molecule has 1 aromatic heterocycles. The van der Waals surface area contributed by atoms with Gasteiger partial charge in [-0.2, -0.15) is 0 Å². The summed E-state index contributed by atoms with van der Waals surface area (Å²) in [5, 5.41) is 4.50. The van der Waals surface area contributed by atoms with Crippen molar-refractivity contribution in [1.29, 1.82) is 0 Å². The third-order valence-corrected chi connectivity index (χ3v) is 13.9. The highest BCUT2D eigenvalue weighted by atomic mass is 16.3. The maximum Gasteiger partial charge on any atom is 0.143 e. The third kappa shape index (κ3) is 6.18. The van der Waals surface area contributed by atoms with Crippen molar-refractivity contribution in [3.63, 3.8) is 0 Å². The molecule has 0 aliphatic heterocycles. The molecule has 0 saturated heterocycles. The summed E-state index contributed by atoms with van der Waals surface area (Å²) in [5.41, 5.74) is 18.9. The van der Waals surface area contributed by atoms with Crippen molar-refractivity contribution in [3.05, 3.63) is 283 Å². The Morgan fingerprint density at radius 1 is 0.328 bits per heavy atom. The summed E-state index contributed by atoms with van der Waals surface area (Å²) >= 11 is 0. The number of anilines is 3.